The van der Waals surface area contributed by atoms with E-state index >= 15 is 0 Å². The molecule has 0 fully saturated rings. The number of carbonyl (C=O) groups excluding carboxylic acids is 1. The minimum atomic E-state index is 0.122. The van der Waals surface area contributed by atoms with Crippen LogP contribution in [-0.2, 0) is 17.6 Å². The Balaban J connectivity index is 1.49. The number of aryl methyl sites for hydroxylation is 1. The van der Waals surface area contributed by atoms with Crippen molar-refractivity contribution >= 4 is 17.2 Å². The van der Waals surface area contributed by atoms with E-state index < -0.39 is 0 Å². The molecule has 2 aromatic heterocycles. The Morgan fingerprint density at radius 3 is 2.74 bits per heavy atom. The molecule has 3 aromatic rings. The summed E-state index contributed by atoms with van der Waals surface area (Å²) in [6.45, 7) is 0.662. The smallest absolute Gasteiger partial charge is 0.222 e. The second kappa shape index (κ2) is 9.28. The Kier molecular flexibility index (Phi) is 6.54. The summed E-state index contributed by atoms with van der Waals surface area (Å²) in [5.41, 5.74) is 2.92. The summed E-state index contributed by atoms with van der Waals surface area (Å²) in [6.07, 6.45) is 3.62. The average Bonchev–Trinajstić information content (AvgIpc) is 3.20. The maximum absolute atomic E-state index is 12.4. The first-order valence-corrected chi connectivity index (χ1v) is 9.77. The molecule has 0 aliphatic heterocycles. The molecular formula is C21H23N3O2S. The molecule has 0 radical (unpaired) electrons. The van der Waals surface area contributed by atoms with Gasteiger partial charge in [-0.05, 0) is 36.6 Å². The highest BCUT2D eigenvalue weighted by atomic mass is 32.1. The van der Waals surface area contributed by atoms with E-state index in [1.807, 2.05) is 54.9 Å². The Morgan fingerprint density at radius 2 is 1.96 bits per heavy atom. The zero-order chi connectivity index (χ0) is 19.1. The first-order valence-electron chi connectivity index (χ1n) is 8.89. The lowest BCUT2D eigenvalue weighted by molar-refractivity contribution is -0.129. The third-order valence-corrected chi connectivity index (χ3v) is 5.28. The number of ether oxygens (including phenoxy) is 1. The van der Waals surface area contributed by atoms with E-state index in [-0.39, 0.29) is 5.91 Å². The van der Waals surface area contributed by atoms with Crippen LogP contribution in [0.3, 0.4) is 0 Å². The van der Waals surface area contributed by atoms with Gasteiger partial charge in [-0.3, -0.25) is 9.78 Å². The van der Waals surface area contributed by atoms with Crippen LogP contribution in [0.5, 0.6) is 5.75 Å². The van der Waals surface area contributed by atoms with Gasteiger partial charge in [0.1, 0.15) is 10.8 Å². The van der Waals surface area contributed by atoms with E-state index in [0.29, 0.717) is 19.4 Å². The van der Waals surface area contributed by atoms with Gasteiger partial charge in [0.05, 0.1) is 18.5 Å². The van der Waals surface area contributed by atoms with Crippen molar-refractivity contribution in [1.29, 1.82) is 0 Å². The number of para-hydroxylation sites is 1. The molecule has 0 N–H and O–H groups in total. The molecule has 6 heteroatoms. The van der Waals surface area contributed by atoms with Crippen molar-refractivity contribution in [3.05, 3.63) is 65.3 Å². The van der Waals surface area contributed by atoms with Crippen molar-refractivity contribution in [3.8, 4) is 16.5 Å². The van der Waals surface area contributed by atoms with Gasteiger partial charge >= 0.3 is 0 Å². The third kappa shape index (κ3) is 5.14. The third-order valence-electron chi connectivity index (χ3n) is 4.37. The standard InChI is InChI=1S/C21H23N3O2S/c1-24(14-12-16-7-3-4-9-19(16)26-2)20(25)11-10-17-15-27-21(23-17)18-8-5-6-13-22-18/h3-9,13,15H,10-12,14H2,1-2H3. The predicted octanol–water partition coefficient (Wildman–Crippen LogP) is 3.85. The molecule has 3 rings (SSSR count). The fraction of sp³-hybridized carbons (Fsp3) is 0.286. The second-order valence-corrected chi connectivity index (χ2v) is 7.09. The summed E-state index contributed by atoms with van der Waals surface area (Å²) in [6, 6.07) is 13.7. The summed E-state index contributed by atoms with van der Waals surface area (Å²) in [7, 11) is 3.51. The summed E-state index contributed by atoms with van der Waals surface area (Å²) >= 11 is 1.56. The molecule has 0 unspecified atom stereocenters. The Morgan fingerprint density at radius 1 is 1.15 bits per heavy atom. The molecular weight excluding hydrogens is 358 g/mol. The Hall–Kier alpha value is -2.73. The molecule has 5 nitrogen and oxygen atoms in total. The summed E-state index contributed by atoms with van der Waals surface area (Å²) in [5.74, 6) is 0.986. The number of methoxy groups -OCH3 is 1. The zero-order valence-corrected chi connectivity index (χ0v) is 16.4. The minimum absolute atomic E-state index is 0.122. The van der Waals surface area contributed by atoms with Crippen LogP contribution in [0.25, 0.3) is 10.7 Å². The van der Waals surface area contributed by atoms with Crippen molar-refractivity contribution in [2.45, 2.75) is 19.3 Å². The molecule has 1 aromatic carbocycles. The highest BCUT2D eigenvalue weighted by Gasteiger charge is 2.12. The van der Waals surface area contributed by atoms with Crippen LogP contribution >= 0.6 is 11.3 Å². The summed E-state index contributed by atoms with van der Waals surface area (Å²) in [5, 5.41) is 2.90. The van der Waals surface area contributed by atoms with Crippen LogP contribution in [0.1, 0.15) is 17.7 Å². The number of amides is 1. The van der Waals surface area contributed by atoms with Crippen LogP contribution in [-0.4, -0.2) is 41.5 Å². The van der Waals surface area contributed by atoms with Crippen LogP contribution in [0.15, 0.2) is 54.0 Å². The van der Waals surface area contributed by atoms with Gasteiger partial charge in [0.15, 0.2) is 0 Å². The molecule has 0 bridgehead atoms. The molecule has 0 saturated carbocycles. The molecule has 1 amide bonds. The number of rotatable bonds is 8. The minimum Gasteiger partial charge on any atom is -0.496 e. The van der Waals surface area contributed by atoms with Gasteiger partial charge in [-0.1, -0.05) is 24.3 Å². The number of nitrogens with zero attached hydrogens (tertiary/aromatic N) is 3. The average molecular weight is 382 g/mol. The molecule has 0 spiro atoms. The van der Waals surface area contributed by atoms with Crippen LogP contribution < -0.4 is 4.74 Å². The van der Waals surface area contributed by atoms with Gasteiger partial charge in [0, 0.05) is 31.6 Å². The topological polar surface area (TPSA) is 55.3 Å². The maximum atomic E-state index is 12.4. The maximum Gasteiger partial charge on any atom is 0.222 e. The van der Waals surface area contributed by atoms with E-state index in [0.717, 1.165) is 34.1 Å². The van der Waals surface area contributed by atoms with Crippen molar-refractivity contribution in [2.75, 3.05) is 20.7 Å². The lowest BCUT2D eigenvalue weighted by Crippen LogP contribution is -2.29. The van der Waals surface area contributed by atoms with E-state index in [4.69, 9.17) is 4.74 Å². The van der Waals surface area contributed by atoms with Gasteiger partial charge in [0.2, 0.25) is 5.91 Å². The predicted molar refractivity (Wildman–Crippen MR) is 108 cm³/mol. The number of hydrogen-bond acceptors (Lipinski definition) is 5. The molecule has 0 aliphatic carbocycles. The van der Waals surface area contributed by atoms with Gasteiger partial charge < -0.3 is 9.64 Å². The van der Waals surface area contributed by atoms with Crippen LogP contribution in [0.4, 0.5) is 0 Å². The van der Waals surface area contributed by atoms with Crippen molar-refractivity contribution < 1.29 is 9.53 Å². The molecule has 0 saturated heterocycles. The van der Waals surface area contributed by atoms with E-state index in [1.165, 1.54) is 0 Å². The van der Waals surface area contributed by atoms with Gasteiger partial charge in [-0.15, -0.1) is 11.3 Å². The van der Waals surface area contributed by atoms with Crippen molar-refractivity contribution in [2.24, 2.45) is 0 Å². The summed E-state index contributed by atoms with van der Waals surface area (Å²) in [4.78, 5) is 23.1. The lowest BCUT2D eigenvalue weighted by Gasteiger charge is -2.17. The molecule has 0 aliphatic rings. The number of thiazole rings is 1. The van der Waals surface area contributed by atoms with Crippen molar-refractivity contribution in [3.63, 3.8) is 0 Å². The van der Waals surface area contributed by atoms with E-state index in [9.17, 15) is 4.79 Å². The molecule has 2 heterocycles. The molecule has 0 atom stereocenters. The fourth-order valence-corrected chi connectivity index (χ4v) is 3.61. The number of carbonyl (C=O) groups is 1. The van der Waals surface area contributed by atoms with Crippen LogP contribution in [0.2, 0.25) is 0 Å². The zero-order valence-electron chi connectivity index (χ0n) is 15.6. The first-order chi connectivity index (χ1) is 13.2. The quantitative estimate of drug-likeness (QED) is 0.595. The SMILES string of the molecule is COc1ccccc1CCN(C)C(=O)CCc1csc(-c2ccccn2)n1. The number of likely N-dealkylation sites (N-methyl/N-ethyl adjacent to an activating group) is 1. The largest absolute Gasteiger partial charge is 0.496 e. The monoisotopic (exact) mass is 381 g/mol. The van der Waals surface area contributed by atoms with Gasteiger partial charge in [-0.2, -0.15) is 0 Å². The van der Waals surface area contributed by atoms with Crippen molar-refractivity contribution in [1.82, 2.24) is 14.9 Å². The lowest BCUT2D eigenvalue weighted by atomic mass is 10.1. The van der Waals surface area contributed by atoms with Gasteiger partial charge in [-0.25, -0.2) is 4.98 Å². The van der Waals surface area contributed by atoms with E-state index in [1.54, 1.807) is 29.5 Å². The molecule has 27 heavy (non-hydrogen) atoms. The van der Waals surface area contributed by atoms with E-state index in [2.05, 4.69) is 9.97 Å². The Labute approximate surface area is 163 Å². The first kappa shape index (κ1) is 19.0. The van der Waals surface area contributed by atoms with Crippen LogP contribution in [0, 0.1) is 0 Å². The highest BCUT2D eigenvalue weighted by Crippen LogP contribution is 2.22. The number of aromatic nitrogens is 2. The summed E-state index contributed by atoms with van der Waals surface area (Å²) < 4.78 is 5.37. The second-order valence-electron chi connectivity index (χ2n) is 6.24. The molecule has 140 valence electrons. The normalized spacial score (nSPS) is 10.6. The number of hydrogen-bond donors (Lipinski definition) is 0. The fourth-order valence-electron chi connectivity index (χ4n) is 2.78. The number of pyridine rings is 1. The highest BCUT2D eigenvalue weighted by molar-refractivity contribution is 7.13. The Bertz CT molecular complexity index is 880. The van der Waals surface area contributed by atoms with Gasteiger partial charge in [0.25, 0.3) is 0 Å². The number of benzene rings is 1.